The van der Waals surface area contributed by atoms with Crippen LogP contribution in [-0.4, -0.2) is 51.1 Å². The van der Waals surface area contributed by atoms with Crippen LogP contribution in [0, 0.1) is 0 Å². The van der Waals surface area contributed by atoms with Crippen molar-refractivity contribution >= 4 is 5.97 Å². The maximum Gasteiger partial charge on any atom is 0.323 e. The van der Waals surface area contributed by atoms with Crippen LogP contribution in [0.3, 0.4) is 0 Å². The van der Waals surface area contributed by atoms with Gasteiger partial charge >= 0.3 is 5.97 Å². The summed E-state index contributed by atoms with van der Waals surface area (Å²) in [6.07, 6.45) is 0. The second-order valence-corrected chi connectivity index (χ2v) is 2.29. The molecule has 0 aromatic rings. The molecule has 0 saturated heterocycles. The Kier molecular flexibility index (Phi) is 6.64. The lowest BCUT2D eigenvalue weighted by Gasteiger charge is -2.12. The Hall–Kier alpha value is -0.650. The summed E-state index contributed by atoms with van der Waals surface area (Å²) in [7, 11) is 3.03. The number of ether oxygens (including phenoxy) is 2. The van der Waals surface area contributed by atoms with E-state index in [1.807, 2.05) is 0 Å². The van der Waals surface area contributed by atoms with Gasteiger partial charge in [0, 0.05) is 20.8 Å². The third-order valence-corrected chi connectivity index (χ3v) is 1.33. The maximum absolute atomic E-state index is 10.5. The van der Waals surface area contributed by atoms with E-state index in [-0.39, 0.29) is 6.61 Å². The lowest BCUT2D eigenvalue weighted by molar-refractivity contribution is -0.140. The van der Waals surface area contributed by atoms with Crippen molar-refractivity contribution in [2.75, 3.05) is 34.0 Å². The van der Waals surface area contributed by atoms with Crippen LogP contribution in [0.15, 0.2) is 0 Å². The summed E-state index contributed by atoms with van der Waals surface area (Å²) < 4.78 is 9.47. The minimum absolute atomic E-state index is 0.166. The van der Waals surface area contributed by atoms with Gasteiger partial charge in [-0.3, -0.25) is 4.79 Å². The van der Waals surface area contributed by atoms with Crippen molar-refractivity contribution < 1.29 is 19.4 Å². The van der Waals surface area contributed by atoms with Gasteiger partial charge in [0.25, 0.3) is 0 Å². The average Bonchev–Trinajstić information content (AvgIpc) is 2.03. The van der Waals surface area contributed by atoms with Crippen molar-refractivity contribution in [3.63, 3.8) is 0 Å². The minimum atomic E-state index is -0.909. The molecule has 0 aliphatic carbocycles. The van der Waals surface area contributed by atoms with E-state index >= 15 is 0 Å². The number of carboxylic acids is 1. The van der Waals surface area contributed by atoms with Crippen LogP contribution in [0.25, 0.3) is 0 Å². The molecule has 0 heterocycles. The molecule has 1 unspecified atom stereocenters. The molecule has 5 heteroatoms. The molecule has 0 fully saturated rings. The molecular formula is C7H15NO4. The summed E-state index contributed by atoms with van der Waals surface area (Å²) in [5.41, 5.74) is 0. The number of methoxy groups -OCH3 is 2. The summed E-state index contributed by atoms with van der Waals surface area (Å²) in [5.74, 6) is -0.909. The van der Waals surface area contributed by atoms with Crippen LogP contribution < -0.4 is 5.32 Å². The first kappa shape index (κ1) is 11.4. The largest absolute Gasteiger partial charge is 0.480 e. The molecule has 0 aliphatic heterocycles. The second kappa shape index (κ2) is 7.02. The van der Waals surface area contributed by atoms with E-state index in [1.165, 1.54) is 7.11 Å². The molecule has 0 aliphatic rings. The van der Waals surface area contributed by atoms with Crippen LogP contribution in [0.5, 0.6) is 0 Å². The molecular weight excluding hydrogens is 162 g/mol. The summed E-state index contributed by atoms with van der Waals surface area (Å²) in [4.78, 5) is 10.5. The van der Waals surface area contributed by atoms with Crippen LogP contribution in [0.1, 0.15) is 0 Å². The molecule has 0 bridgehead atoms. The second-order valence-electron chi connectivity index (χ2n) is 2.29. The number of rotatable bonds is 7. The first-order valence-corrected chi connectivity index (χ1v) is 3.66. The molecule has 0 spiro atoms. The normalized spacial score (nSPS) is 12.8. The SMILES string of the molecule is COCCNC(COC)C(=O)O. The van der Waals surface area contributed by atoms with E-state index in [2.05, 4.69) is 5.32 Å². The summed E-state index contributed by atoms with van der Waals surface area (Å²) >= 11 is 0. The van der Waals surface area contributed by atoms with Gasteiger partial charge in [-0.15, -0.1) is 0 Å². The number of carboxylic acid groups (broad SMARTS) is 1. The minimum Gasteiger partial charge on any atom is -0.480 e. The molecule has 12 heavy (non-hydrogen) atoms. The van der Waals surface area contributed by atoms with E-state index in [4.69, 9.17) is 14.6 Å². The molecule has 0 radical (unpaired) electrons. The monoisotopic (exact) mass is 177 g/mol. The highest BCUT2D eigenvalue weighted by Crippen LogP contribution is 1.84. The van der Waals surface area contributed by atoms with Crippen molar-refractivity contribution in [2.45, 2.75) is 6.04 Å². The van der Waals surface area contributed by atoms with Crippen molar-refractivity contribution in [1.82, 2.24) is 5.32 Å². The number of carbonyl (C=O) groups is 1. The fourth-order valence-electron chi connectivity index (χ4n) is 0.719. The van der Waals surface area contributed by atoms with Gasteiger partial charge < -0.3 is 19.9 Å². The van der Waals surface area contributed by atoms with Crippen molar-refractivity contribution in [2.24, 2.45) is 0 Å². The summed E-state index contributed by atoms with van der Waals surface area (Å²) in [6.45, 7) is 1.17. The first-order chi connectivity index (χ1) is 5.72. The Labute approximate surface area is 71.7 Å². The Balaban J connectivity index is 3.56. The van der Waals surface area contributed by atoms with Crippen LogP contribution >= 0.6 is 0 Å². The van der Waals surface area contributed by atoms with Crippen molar-refractivity contribution in [3.05, 3.63) is 0 Å². The van der Waals surface area contributed by atoms with Gasteiger partial charge in [-0.2, -0.15) is 0 Å². The zero-order valence-corrected chi connectivity index (χ0v) is 7.37. The number of aliphatic carboxylic acids is 1. The van der Waals surface area contributed by atoms with Gasteiger partial charge in [0.2, 0.25) is 0 Å². The molecule has 0 saturated carbocycles. The van der Waals surface area contributed by atoms with E-state index < -0.39 is 12.0 Å². The average molecular weight is 177 g/mol. The van der Waals surface area contributed by atoms with Gasteiger partial charge in [0.15, 0.2) is 0 Å². The first-order valence-electron chi connectivity index (χ1n) is 3.66. The van der Waals surface area contributed by atoms with E-state index in [0.29, 0.717) is 13.2 Å². The fraction of sp³-hybridized carbons (Fsp3) is 0.857. The molecule has 0 rings (SSSR count). The molecule has 0 aromatic heterocycles. The fourth-order valence-corrected chi connectivity index (χ4v) is 0.719. The number of hydrogen-bond donors (Lipinski definition) is 2. The van der Waals surface area contributed by atoms with Gasteiger partial charge in [0.05, 0.1) is 13.2 Å². The Morgan fingerprint density at radius 2 is 2.17 bits per heavy atom. The van der Waals surface area contributed by atoms with Crippen molar-refractivity contribution in [1.29, 1.82) is 0 Å². The molecule has 2 N–H and O–H groups in total. The Bertz CT molecular complexity index is 129. The number of nitrogens with one attached hydrogen (secondary N) is 1. The van der Waals surface area contributed by atoms with Gasteiger partial charge in [-0.25, -0.2) is 0 Å². The standard InChI is InChI=1S/C7H15NO4/c1-11-4-3-8-6(5-12-2)7(9)10/h6,8H,3-5H2,1-2H3,(H,9,10). The van der Waals surface area contributed by atoms with Gasteiger partial charge in [-0.05, 0) is 0 Å². The highest BCUT2D eigenvalue weighted by Gasteiger charge is 2.15. The quantitative estimate of drug-likeness (QED) is 0.504. The van der Waals surface area contributed by atoms with E-state index in [0.717, 1.165) is 0 Å². The Morgan fingerprint density at radius 1 is 1.50 bits per heavy atom. The highest BCUT2D eigenvalue weighted by molar-refractivity contribution is 5.73. The predicted octanol–water partition coefficient (Wildman–Crippen LogP) is -0.678. The number of hydrogen-bond acceptors (Lipinski definition) is 4. The molecule has 72 valence electrons. The zero-order valence-electron chi connectivity index (χ0n) is 7.37. The lowest BCUT2D eigenvalue weighted by Crippen LogP contribution is -2.41. The van der Waals surface area contributed by atoms with Crippen molar-refractivity contribution in [3.8, 4) is 0 Å². The third-order valence-electron chi connectivity index (χ3n) is 1.33. The smallest absolute Gasteiger partial charge is 0.323 e. The topological polar surface area (TPSA) is 67.8 Å². The summed E-state index contributed by atoms with van der Waals surface area (Å²) in [5, 5.41) is 11.4. The molecule has 1 atom stereocenters. The highest BCUT2D eigenvalue weighted by atomic mass is 16.5. The third kappa shape index (κ3) is 5.06. The van der Waals surface area contributed by atoms with E-state index in [1.54, 1.807) is 7.11 Å². The molecule has 5 nitrogen and oxygen atoms in total. The van der Waals surface area contributed by atoms with E-state index in [9.17, 15) is 4.79 Å². The van der Waals surface area contributed by atoms with Gasteiger partial charge in [0.1, 0.15) is 6.04 Å². The Morgan fingerprint density at radius 3 is 2.58 bits per heavy atom. The molecule has 0 aromatic carbocycles. The molecule has 0 amide bonds. The summed E-state index contributed by atoms with van der Waals surface area (Å²) in [6, 6.07) is -0.648. The maximum atomic E-state index is 10.5. The zero-order chi connectivity index (χ0) is 9.40. The predicted molar refractivity (Wildman–Crippen MR) is 43.2 cm³/mol. The van der Waals surface area contributed by atoms with Gasteiger partial charge in [-0.1, -0.05) is 0 Å². The lowest BCUT2D eigenvalue weighted by atomic mass is 10.3. The van der Waals surface area contributed by atoms with Crippen LogP contribution in [-0.2, 0) is 14.3 Å². The van der Waals surface area contributed by atoms with Crippen LogP contribution in [0.4, 0.5) is 0 Å². The van der Waals surface area contributed by atoms with Crippen LogP contribution in [0.2, 0.25) is 0 Å².